The molecule has 1 aliphatic carbocycles. The number of hydrogen-bond donors (Lipinski definition) is 3. The molecule has 1 fully saturated rings. The molecular formula is C18H36O6. The van der Waals surface area contributed by atoms with E-state index in [0.717, 1.165) is 0 Å². The first kappa shape index (κ1) is 21.8. The first-order valence-corrected chi connectivity index (χ1v) is 8.59. The van der Waals surface area contributed by atoms with Gasteiger partial charge in [0, 0.05) is 0 Å². The molecule has 0 aromatic rings. The second-order valence-corrected chi connectivity index (χ2v) is 9.56. The monoisotopic (exact) mass is 348 g/mol. The number of rotatable bonds is 3. The summed E-state index contributed by atoms with van der Waals surface area (Å²) in [5, 5.41) is 32.1. The van der Waals surface area contributed by atoms with Gasteiger partial charge in [-0.05, 0) is 62.3 Å². The van der Waals surface area contributed by atoms with Crippen molar-refractivity contribution in [3.05, 3.63) is 0 Å². The van der Waals surface area contributed by atoms with Crippen LogP contribution in [0, 0.1) is 0 Å². The summed E-state index contributed by atoms with van der Waals surface area (Å²) in [6.45, 7) is 16.6. The summed E-state index contributed by atoms with van der Waals surface area (Å²) >= 11 is 0. The zero-order valence-electron chi connectivity index (χ0n) is 16.5. The largest absolute Gasteiger partial charge is 0.387 e. The summed E-state index contributed by atoms with van der Waals surface area (Å²) in [6.07, 6.45) is -6.29. The molecule has 0 aliphatic heterocycles. The van der Waals surface area contributed by atoms with Crippen LogP contribution in [0.3, 0.4) is 0 Å². The van der Waals surface area contributed by atoms with E-state index in [1.54, 1.807) is 0 Å². The average molecular weight is 348 g/mol. The number of aliphatic hydroxyl groups excluding tert-OH is 3. The van der Waals surface area contributed by atoms with Crippen molar-refractivity contribution in [2.45, 2.75) is 116 Å². The van der Waals surface area contributed by atoms with Crippen molar-refractivity contribution >= 4 is 0 Å². The smallest absolute Gasteiger partial charge is 0.115 e. The third-order valence-corrected chi connectivity index (χ3v) is 3.49. The lowest BCUT2D eigenvalue weighted by molar-refractivity contribution is -0.294. The number of hydrogen-bond acceptors (Lipinski definition) is 6. The highest BCUT2D eigenvalue weighted by Gasteiger charge is 2.53. The van der Waals surface area contributed by atoms with Gasteiger partial charge in [-0.25, -0.2) is 0 Å². The molecule has 0 bridgehead atoms. The van der Waals surface area contributed by atoms with Crippen molar-refractivity contribution in [3.8, 4) is 0 Å². The number of aliphatic hydroxyl groups is 3. The van der Waals surface area contributed by atoms with E-state index in [4.69, 9.17) is 14.2 Å². The van der Waals surface area contributed by atoms with Crippen LogP contribution in [-0.2, 0) is 14.2 Å². The lowest BCUT2D eigenvalue weighted by atomic mass is 9.83. The van der Waals surface area contributed by atoms with Crippen molar-refractivity contribution in [3.63, 3.8) is 0 Å². The Morgan fingerprint density at radius 1 is 0.458 bits per heavy atom. The second-order valence-electron chi connectivity index (χ2n) is 9.56. The van der Waals surface area contributed by atoms with Gasteiger partial charge in [0.05, 0.1) is 16.8 Å². The zero-order chi connectivity index (χ0) is 19.1. The fourth-order valence-corrected chi connectivity index (χ4v) is 2.81. The summed E-state index contributed by atoms with van der Waals surface area (Å²) in [4.78, 5) is 0. The molecule has 0 aromatic heterocycles. The number of ether oxygens (including phenoxy) is 3. The molecule has 0 heterocycles. The molecule has 0 radical (unpaired) electrons. The molecule has 1 aliphatic rings. The maximum atomic E-state index is 10.7. The fourth-order valence-electron chi connectivity index (χ4n) is 2.81. The SMILES string of the molecule is CC(C)(C)O[C@H]1[C@H](O)[C@@H](OC(C)(C)C)[C@H](O)[C@@H](OC(C)(C)C)[C@H]1O. The fraction of sp³-hybridized carbons (Fsp3) is 1.00. The zero-order valence-corrected chi connectivity index (χ0v) is 16.5. The molecule has 0 atom stereocenters. The summed E-state index contributed by atoms with van der Waals surface area (Å²) in [5.41, 5.74) is -1.73. The normalized spacial score (nSPS) is 36.0. The van der Waals surface area contributed by atoms with Crippen LogP contribution in [0.1, 0.15) is 62.3 Å². The summed E-state index contributed by atoms with van der Waals surface area (Å²) < 4.78 is 17.6. The quantitative estimate of drug-likeness (QED) is 0.718. The van der Waals surface area contributed by atoms with Gasteiger partial charge >= 0.3 is 0 Å². The van der Waals surface area contributed by atoms with Crippen molar-refractivity contribution < 1.29 is 29.5 Å². The Labute approximate surface area is 146 Å². The maximum absolute atomic E-state index is 10.7. The Hall–Kier alpha value is -0.240. The molecule has 0 saturated heterocycles. The molecule has 144 valence electrons. The Balaban J connectivity index is 3.16. The molecule has 0 amide bonds. The van der Waals surface area contributed by atoms with E-state index in [2.05, 4.69) is 0 Å². The second kappa shape index (κ2) is 7.17. The first-order chi connectivity index (χ1) is 10.5. The van der Waals surface area contributed by atoms with Gasteiger partial charge in [-0.3, -0.25) is 0 Å². The van der Waals surface area contributed by atoms with E-state index < -0.39 is 53.4 Å². The van der Waals surface area contributed by atoms with E-state index >= 15 is 0 Å². The van der Waals surface area contributed by atoms with Gasteiger partial charge in [0.1, 0.15) is 36.6 Å². The van der Waals surface area contributed by atoms with Crippen LogP contribution in [0.5, 0.6) is 0 Å². The van der Waals surface area contributed by atoms with Crippen molar-refractivity contribution in [2.24, 2.45) is 0 Å². The van der Waals surface area contributed by atoms with Crippen molar-refractivity contribution in [1.29, 1.82) is 0 Å². The highest BCUT2D eigenvalue weighted by molar-refractivity contribution is 5.03. The van der Waals surface area contributed by atoms with Crippen LogP contribution >= 0.6 is 0 Å². The molecule has 0 unspecified atom stereocenters. The molecule has 6 heteroatoms. The standard InChI is InChI=1S/C18H36O6/c1-16(2,3)22-13-10(19)14(23-17(4,5)6)12(21)15(11(13)20)24-18(7,8)9/h10-15,19-21H,1-9H3/t10-,11-,12-,13-,14+,15-. The van der Waals surface area contributed by atoms with E-state index in [0.29, 0.717) is 0 Å². The lowest BCUT2D eigenvalue weighted by Gasteiger charge is -2.49. The van der Waals surface area contributed by atoms with Crippen LogP contribution in [0.4, 0.5) is 0 Å². The van der Waals surface area contributed by atoms with Crippen LogP contribution in [0.15, 0.2) is 0 Å². The molecule has 1 saturated carbocycles. The molecule has 1 rings (SSSR count). The maximum Gasteiger partial charge on any atom is 0.115 e. The summed E-state index contributed by atoms with van der Waals surface area (Å²) in [7, 11) is 0. The molecule has 0 spiro atoms. The van der Waals surface area contributed by atoms with Gasteiger partial charge in [-0.15, -0.1) is 0 Å². The predicted octanol–water partition coefficient (Wildman–Crippen LogP) is 1.63. The molecule has 24 heavy (non-hydrogen) atoms. The molecular weight excluding hydrogens is 312 g/mol. The molecule has 3 N–H and O–H groups in total. The minimum atomic E-state index is -1.17. The third-order valence-electron chi connectivity index (χ3n) is 3.49. The van der Waals surface area contributed by atoms with Gasteiger partial charge in [-0.1, -0.05) is 0 Å². The first-order valence-electron chi connectivity index (χ1n) is 8.59. The van der Waals surface area contributed by atoms with Crippen LogP contribution in [0.25, 0.3) is 0 Å². The van der Waals surface area contributed by atoms with Gasteiger partial charge in [0.15, 0.2) is 0 Å². The minimum absolute atomic E-state index is 0.576. The van der Waals surface area contributed by atoms with E-state index in [1.165, 1.54) is 0 Å². The van der Waals surface area contributed by atoms with Gasteiger partial charge in [0.2, 0.25) is 0 Å². The van der Waals surface area contributed by atoms with Gasteiger partial charge in [0.25, 0.3) is 0 Å². The van der Waals surface area contributed by atoms with E-state index in [9.17, 15) is 15.3 Å². The minimum Gasteiger partial charge on any atom is -0.387 e. The Morgan fingerprint density at radius 2 is 0.625 bits per heavy atom. The molecule has 0 aromatic carbocycles. The topological polar surface area (TPSA) is 88.4 Å². The summed E-state index contributed by atoms with van der Waals surface area (Å²) in [6, 6.07) is 0. The van der Waals surface area contributed by atoms with Crippen LogP contribution in [-0.4, -0.2) is 68.7 Å². The Morgan fingerprint density at radius 3 is 0.750 bits per heavy atom. The van der Waals surface area contributed by atoms with Crippen molar-refractivity contribution in [1.82, 2.24) is 0 Å². The van der Waals surface area contributed by atoms with E-state index in [-0.39, 0.29) is 0 Å². The van der Waals surface area contributed by atoms with Gasteiger partial charge in [-0.2, -0.15) is 0 Å². The van der Waals surface area contributed by atoms with Crippen LogP contribution < -0.4 is 0 Å². The van der Waals surface area contributed by atoms with Gasteiger partial charge < -0.3 is 29.5 Å². The average Bonchev–Trinajstić information content (AvgIpc) is 2.32. The lowest BCUT2D eigenvalue weighted by Crippen LogP contribution is -2.68. The Kier molecular flexibility index (Phi) is 6.52. The van der Waals surface area contributed by atoms with Crippen molar-refractivity contribution in [2.75, 3.05) is 0 Å². The Bertz CT molecular complexity index is 329. The molecule has 6 nitrogen and oxygen atoms in total. The third kappa shape index (κ3) is 6.24. The highest BCUT2D eigenvalue weighted by Crippen LogP contribution is 2.34. The highest BCUT2D eigenvalue weighted by atomic mass is 16.6. The summed E-state index contributed by atoms with van der Waals surface area (Å²) in [5.74, 6) is 0. The van der Waals surface area contributed by atoms with E-state index in [1.807, 2.05) is 62.3 Å². The van der Waals surface area contributed by atoms with Crippen LogP contribution in [0.2, 0.25) is 0 Å². The predicted molar refractivity (Wildman–Crippen MR) is 91.9 cm³/mol.